The largest absolute Gasteiger partial charge is 0.392 e. The van der Waals surface area contributed by atoms with Crippen molar-refractivity contribution in [3.8, 4) is 0 Å². The minimum absolute atomic E-state index is 0.166. The second-order valence-corrected chi connectivity index (χ2v) is 5.02. The van der Waals surface area contributed by atoms with E-state index in [4.69, 9.17) is 0 Å². The molecule has 0 aromatic heterocycles. The number of hydrogen-bond donors (Lipinski definition) is 2. The molecule has 0 aromatic carbocycles. The number of nitrogens with zero attached hydrogens (tertiary/aromatic N) is 1. The lowest BCUT2D eigenvalue weighted by atomic mass is 9.93. The van der Waals surface area contributed by atoms with Gasteiger partial charge in [0.2, 0.25) is 0 Å². The molecule has 15 heavy (non-hydrogen) atoms. The summed E-state index contributed by atoms with van der Waals surface area (Å²) < 4.78 is 0. The summed E-state index contributed by atoms with van der Waals surface area (Å²) in [5, 5.41) is 13.2. The SMILES string of the molecule is C[C@H](O)[C@@H]1CCCCN1C1CCNCC1. The van der Waals surface area contributed by atoms with E-state index in [-0.39, 0.29) is 6.10 Å². The molecular weight excluding hydrogens is 188 g/mol. The van der Waals surface area contributed by atoms with Crippen LogP contribution in [-0.2, 0) is 0 Å². The molecule has 2 aliphatic rings. The van der Waals surface area contributed by atoms with E-state index in [0.29, 0.717) is 12.1 Å². The van der Waals surface area contributed by atoms with E-state index in [1.165, 1.54) is 38.6 Å². The van der Waals surface area contributed by atoms with E-state index >= 15 is 0 Å². The highest BCUT2D eigenvalue weighted by atomic mass is 16.3. The van der Waals surface area contributed by atoms with Crippen LogP contribution in [0.5, 0.6) is 0 Å². The van der Waals surface area contributed by atoms with E-state index in [9.17, 15) is 5.11 Å². The van der Waals surface area contributed by atoms with Gasteiger partial charge in [-0.1, -0.05) is 6.42 Å². The summed E-state index contributed by atoms with van der Waals surface area (Å²) in [6.07, 6.45) is 6.12. The molecule has 3 nitrogen and oxygen atoms in total. The lowest BCUT2D eigenvalue weighted by Crippen LogP contribution is -2.53. The summed E-state index contributed by atoms with van der Waals surface area (Å²) in [6.45, 7) is 5.44. The van der Waals surface area contributed by atoms with Gasteiger partial charge in [-0.05, 0) is 52.2 Å². The summed E-state index contributed by atoms with van der Waals surface area (Å²) in [7, 11) is 0. The monoisotopic (exact) mass is 212 g/mol. The van der Waals surface area contributed by atoms with Gasteiger partial charge in [0, 0.05) is 12.1 Å². The number of nitrogens with one attached hydrogen (secondary N) is 1. The topological polar surface area (TPSA) is 35.5 Å². The third-order valence-corrected chi connectivity index (χ3v) is 3.93. The molecule has 0 saturated carbocycles. The van der Waals surface area contributed by atoms with Crippen molar-refractivity contribution >= 4 is 0 Å². The van der Waals surface area contributed by atoms with Crippen molar-refractivity contribution in [2.24, 2.45) is 0 Å². The van der Waals surface area contributed by atoms with Crippen molar-refractivity contribution in [1.29, 1.82) is 0 Å². The van der Waals surface area contributed by atoms with Gasteiger partial charge >= 0.3 is 0 Å². The molecule has 2 fully saturated rings. The first-order valence-corrected chi connectivity index (χ1v) is 6.43. The second-order valence-electron chi connectivity index (χ2n) is 5.02. The van der Waals surface area contributed by atoms with E-state index in [0.717, 1.165) is 13.1 Å². The Kier molecular flexibility index (Phi) is 4.00. The molecule has 0 radical (unpaired) electrons. The highest BCUT2D eigenvalue weighted by Crippen LogP contribution is 2.25. The molecule has 88 valence electrons. The molecule has 2 rings (SSSR count). The fourth-order valence-corrected chi connectivity index (χ4v) is 3.09. The van der Waals surface area contributed by atoms with Gasteiger partial charge in [-0.3, -0.25) is 4.90 Å². The van der Waals surface area contributed by atoms with E-state index in [1.54, 1.807) is 0 Å². The first-order chi connectivity index (χ1) is 7.29. The van der Waals surface area contributed by atoms with Gasteiger partial charge < -0.3 is 10.4 Å². The summed E-state index contributed by atoms with van der Waals surface area (Å²) in [5.41, 5.74) is 0. The molecule has 0 aromatic rings. The molecule has 3 heteroatoms. The van der Waals surface area contributed by atoms with Gasteiger partial charge in [0.1, 0.15) is 0 Å². The zero-order chi connectivity index (χ0) is 10.7. The van der Waals surface area contributed by atoms with Crippen molar-refractivity contribution in [2.75, 3.05) is 19.6 Å². The Hall–Kier alpha value is -0.120. The molecule has 2 aliphatic heterocycles. The first kappa shape index (κ1) is 11.4. The third kappa shape index (κ3) is 2.71. The average molecular weight is 212 g/mol. The molecule has 0 spiro atoms. The van der Waals surface area contributed by atoms with Crippen LogP contribution in [0.4, 0.5) is 0 Å². The van der Waals surface area contributed by atoms with Crippen molar-refractivity contribution in [3.63, 3.8) is 0 Å². The van der Waals surface area contributed by atoms with Gasteiger partial charge in [0.15, 0.2) is 0 Å². The average Bonchev–Trinajstić information content (AvgIpc) is 2.30. The predicted molar refractivity (Wildman–Crippen MR) is 61.9 cm³/mol. The quantitative estimate of drug-likeness (QED) is 0.716. The zero-order valence-electron chi connectivity index (χ0n) is 9.78. The van der Waals surface area contributed by atoms with Crippen LogP contribution in [0.3, 0.4) is 0 Å². The maximum Gasteiger partial charge on any atom is 0.0667 e. The Bertz CT molecular complexity index is 190. The Balaban J connectivity index is 1.96. The summed E-state index contributed by atoms with van der Waals surface area (Å²) >= 11 is 0. The number of likely N-dealkylation sites (tertiary alicyclic amines) is 1. The lowest BCUT2D eigenvalue weighted by molar-refractivity contribution is 0.00154. The smallest absolute Gasteiger partial charge is 0.0667 e. The van der Waals surface area contributed by atoms with Gasteiger partial charge in [-0.15, -0.1) is 0 Å². The first-order valence-electron chi connectivity index (χ1n) is 6.43. The van der Waals surface area contributed by atoms with Gasteiger partial charge in [-0.2, -0.15) is 0 Å². The molecule has 0 bridgehead atoms. The maximum atomic E-state index is 9.82. The van der Waals surface area contributed by atoms with Crippen LogP contribution in [0.15, 0.2) is 0 Å². The van der Waals surface area contributed by atoms with Crippen LogP contribution < -0.4 is 5.32 Å². The molecule has 2 N–H and O–H groups in total. The molecule has 2 heterocycles. The second kappa shape index (κ2) is 5.28. The van der Waals surface area contributed by atoms with Crippen molar-refractivity contribution < 1.29 is 5.11 Å². The van der Waals surface area contributed by atoms with Crippen LogP contribution in [-0.4, -0.2) is 47.8 Å². The van der Waals surface area contributed by atoms with Crippen LogP contribution in [0.2, 0.25) is 0 Å². The number of aliphatic hydroxyl groups excluding tert-OH is 1. The van der Waals surface area contributed by atoms with Crippen LogP contribution in [0.25, 0.3) is 0 Å². The zero-order valence-corrected chi connectivity index (χ0v) is 9.78. The molecule has 0 aliphatic carbocycles. The van der Waals surface area contributed by atoms with Crippen molar-refractivity contribution in [2.45, 2.75) is 57.2 Å². The fraction of sp³-hybridized carbons (Fsp3) is 1.00. The lowest BCUT2D eigenvalue weighted by Gasteiger charge is -2.44. The summed E-state index contributed by atoms with van der Waals surface area (Å²) in [5.74, 6) is 0. The number of aliphatic hydroxyl groups is 1. The van der Waals surface area contributed by atoms with Gasteiger partial charge in [0.05, 0.1) is 6.10 Å². The molecule has 0 amide bonds. The van der Waals surface area contributed by atoms with Gasteiger partial charge in [-0.25, -0.2) is 0 Å². The van der Waals surface area contributed by atoms with Crippen molar-refractivity contribution in [3.05, 3.63) is 0 Å². The highest BCUT2D eigenvalue weighted by Gasteiger charge is 2.31. The Labute approximate surface area is 92.8 Å². The maximum absolute atomic E-state index is 9.82. The number of rotatable bonds is 2. The van der Waals surface area contributed by atoms with Crippen molar-refractivity contribution in [1.82, 2.24) is 10.2 Å². The standard InChI is InChI=1S/C12H24N2O/c1-10(15)12-4-2-3-9-14(12)11-5-7-13-8-6-11/h10-13,15H,2-9H2,1H3/t10-,12-/m0/s1. The van der Waals surface area contributed by atoms with Crippen LogP contribution in [0.1, 0.15) is 39.0 Å². The molecule has 0 unspecified atom stereocenters. The number of hydrogen-bond acceptors (Lipinski definition) is 3. The normalized spacial score (nSPS) is 32.8. The van der Waals surface area contributed by atoms with Crippen LogP contribution in [0, 0.1) is 0 Å². The van der Waals surface area contributed by atoms with Gasteiger partial charge in [0.25, 0.3) is 0 Å². The fourth-order valence-electron chi connectivity index (χ4n) is 3.09. The summed E-state index contributed by atoms with van der Waals surface area (Å²) in [4.78, 5) is 2.58. The molecule has 2 atom stereocenters. The predicted octanol–water partition coefficient (Wildman–Crippen LogP) is 0.974. The Morgan fingerprint density at radius 1 is 1.20 bits per heavy atom. The minimum Gasteiger partial charge on any atom is -0.392 e. The van der Waals surface area contributed by atoms with E-state index in [1.807, 2.05) is 6.92 Å². The van der Waals surface area contributed by atoms with Crippen LogP contribution >= 0.6 is 0 Å². The third-order valence-electron chi connectivity index (χ3n) is 3.93. The highest BCUT2D eigenvalue weighted by molar-refractivity contribution is 4.87. The Morgan fingerprint density at radius 2 is 1.93 bits per heavy atom. The molecule has 2 saturated heterocycles. The molecular formula is C12H24N2O. The number of piperidine rings is 2. The summed E-state index contributed by atoms with van der Waals surface area (Å²) in [6, 6.07) is 1.13. The van der Waals surface area contributed by atoms with E-state index < -0.39 is 0 Å². The Morgan fingerprint density at radius 3 is 2.60 bits per heavy atom. The minimum atomic E-state index is -0.166. The van der Waals surface area contributed by atoms with E-state index in [2.05, 4.69) is 10.2 Å².